The van der Waals surface area contributed by atoms with Crippen LogP contribution in [0.3, 0.4) is 0 Å². The van der Waals surface area contributed by atoms with Crippen LogP contribution in [0.1, 0.15) is 11.1 Å². The van der Waals surface area contributed by atoms with Crippen molar-refractivity contribution in [3.63, 3.8) is 0 Å². The molecule has 0 aliphatic carbocycles. The molecule has 0 saturated heterocycles. The Balaban J connectivity index is 1.80. The zero-order valence-corrected chi connectivity index (χ0v) is 13.9. The van der Waals surface area contributed by atoms with E-state index in [1.807, 2.05) is 72.9 Å². The lowest BCUT2D eigenvalue weighted by atomic mass is 10.2. The molecule has 2 aromatic carbocycles. The summed E-state index contributed by atoms with van der Waals surface area (Å²) in [6, 6.07) is 14.3. The van der Waals surface area contributed by atoms with Crippen LogP contribution in [0.4, 0.5) is 5.69 Å². The van der Waals surface area contributed by atoms with Crippen LogP contribution < -0.4 is 4.74 Å². The van der Waals surface area contributed by atoms with Crippen molar-refractivity contribution in [3.8, 4) is 5.75 Å². The minimum Gasteiger partial charge on any atom is -0.497 e. The fourth-order valence-corrected chi connectivity index (χ4v) is 2.01. The average Bonchev–Trinajstić information content (AvgIpc) is 2.64. The van der Waals surface area contributed by atoms with Crippen molar-refractivity contribution in [2.24, 2.45) is 0 Å². The first-order valence-electron chi connectivity index (χ1n) is 7.75. The molecule has 0 spiro atoms. The second kappa shape index (κ2) is 9.67. The molecule has 2 rings (SSSR count). The van der Waals surface area contributed by atoms with Gasteiger partial charge in [-0.05, 0) is 35.4 Å². The smallest absolute Gasteiger partial charge is 0.269 e. The first-order chi connectivity index (χ1) is 12.2. The molecule has 0 aliphatic heterocycles. The van der Waals surface area contributed by atoms with Gasteiger partial charge in [0.05, 0.1) is 12.0 Å². The largest absolute Gasteiger partial charge is 0.497 e. The Morgan fingerprint density at radius 1 is 0.760 bits per heavy atom. The van der Waals surface area contributed by atoms with E-state index in [2.05, 4.69) is 0 Å². The first-order valence-corrected chi connectivity index (χ1v) is 7.75. The molecule has 0 radical (unpaired) electrons. The van der Waals surface area contributed by atoms with E-state index in [0.717, 1.165) is 16.9 Å². The van der Waals surface area contributed by atoms with Gasteiger partial charge in [-0.1, -0.05) is 60.7 Å². The molecule has 126 valence electrons. The molecule has 0 N–H and O–H groups in total. The minimum atomic E-state index is -0.405. The van der Waals surface area contributed by atoms with E-state index in [-0.39, 0.29) is 5.69 Å². The maximum atomic E-state index is 10.6. The molecule has 0 heterocycles. The van der Waals surface area contributed by atoms with Crippen LogP contribution in [-0.2, 0) is 0 Å². The summed E-state index contributed by atoms with van der Waals surface area (Å²) >= 11 is 0. The molecular formula is C21H19NO3. The van der Waals surface area contributed by atoms with Gasteiger partial charge in [-0.3, -0.25) is 10.1 Å². The number of rotatable bonds is 7. The van der Waals surface area contributed by atoms with Gasteiger partial charge in [0, 0.05) is 12.1 Å². The fraction of sp³-hybridized carbons (Fsp3) is 0.0476. The van der Waals surface area contributed by atoms with Crippen molar-refractivity contribution in [1.29, 1.82) is 0 Å². The predicted octanol–water partition coefficient (Wildman–Crippen LogP) is 5.44. The topological polar surface area (TPSA) is 52.4 Å². The lowest BCUT2D eigenvalue weighted by Crippen LogP contribution is -1.86. The van der Waals surface area contributed by atoms with Gasteiger partial charge in [-0.2, -0.15) is 0 Å². The summed E-state index contributed by atoms with van der Waals surface area (Å²) in [5, 5.41) is 10.6. The maximum absolute atomic E-state index is 10.6. The molecular weight excluding hydrogens is 314 g/mol. The molecule has 4 nitrogen and oxygen atoms in total. The van der Waals surface area contributed by atoms with Crippen LogP contribution in [-0.4, -0.2) is 12.0 Å². The van der Waals surface area contributed by atoms with E-state index in [1.165, 1.54) is 12.1 Å². The first kappa shape index (κ1) is 17.9. The van der Waals surface area contributed by atoms with E-state index in [9.17, 15) is 10.1 Å². The third-order valence-corrected chi connectivity index (χ3v) is 3.35. The van der Waals surface area contributed by atoms with Gasteiger partial charge in [0.2, 0.25) is 0 Å². The summed E-state index contributed by atoms with van der Waals surface area (Å²) < 4.78 is 5.11. The predicted molar refractivity (Wildman–Crippen MR) is 102 cm³/mol. The summed E-state index contributed by atoms with van der Waals surface area (Å²) in [7, 11) is 1.65. The van der Waals surface area contributed by atoms with E-state index >= 15 is 0 Å². The van der Waals surface area contributed by atoms with Crippen molar-refractivity contribution in [2.45, 2.75) is 0 Å². The molecule has 0 saturated carbocycles. The zero-order valence-electron chi connectivity index (χ0n) is 13.9. The molecule has 4 heteroatoms. The van der Waals surface area contributed by atoms with Gasteiger partial charge in [0.1, 0.15) is 5.75 Å². The summed E-state index contributed by atoms with van der Waals surface area (Å²) in [6.07, 6.45) is 15.4. The van der Waals surface area contributed by atoms with Crippen LogP contribution in [0.25, 0.3) is 12.2 Å². The third-order valence-electron chi connectivity index (χ3n) is 3.35. The standard InChI is InChI=1S/C21H19NO3/c1-25-21-16-12-19(13-17-21)9-7-5-3-2-4-6-8-18-10-14-20(15-11-18)22(23)24/h2-17H,1H3/b4-2+,5-3+,8-6+,9-7+. The van der Waals surface area contributed by atoms with Crippen LogP contribution in [0.15, 0.2) is 85.0 Å². The SMILES string of the molecule is COc1ccc(/C=C/C=C/C=C/C=C/c2ccc([N+](=O)[O-])cc2)cc1. The Morgan fingerprint density at radius 3 is 1.64 bits per heavy atom. The number of hydrogen-bond acceptors (Lipinski definition) is 3. The number of hydrogen-bond donors (Lipinski definition) is 0. The number of non-ortho nitro benzene ring substituents is 1. The highest BCUT2D eigenvalue weighted by Crippen LogP contribution is 2.13. The molecule has 0 aromatic heterocycles. The van der Waals surface area contributed by atoms with Crippen LogP contribution in [0.2, 0.25) is 0 Å². The lowest BCUT2D eigenvalue weighted by Gasteiger charge is -1.98. The summed E-state index contributed by atoms with van der Waals surface area (Å²) in [6.45, 7) is 0. The van der Waals surface area contributed by atoms with Gasteiger partial charge in [0.25, 0.3) is 5.69 Å². The zero-order chi connectivity index (χ0) is 17.9. The van der Waals surface area contributed by atoms with Gasteiger partial charge < -0.3 is 4.74 Å². The minimum absolute atomic E-state index is 0.0965. The maximum Gasteiger partial charge on any atom is 0.269 e. The number of methoxy groups -OCH3 is 1. The Labute approximate surface area is 147 Å². The highest BCUT2D eigenvalue weighted by atomic mass is 16.6. The number of nitro benzene ring substituents is 1. The van der Waals surface area contributed by atoms with Crippen LogP contribution >= 0.6 is 0 Å². The number of nitrogens with zero attached hydrogens (tertiary/aromatic N) is 1. The molecule has 0 unspecified atom stereocenters. The van der Waals surface area contributed by atoms with E-state index in [1.54, 1.807) is 19.2 Å². The Hall–Kier alpha value is -3.40. The van der Waals surface area contributed by atoms with Crippen molar-refractivity contribution < 1.29 is 9.66 Å². The quantitative estimate of drug-likeness (QED) is 0.385. The van der Waals surface area contributed by atoms with Crippen molar-refractivity contribution in [2.75, 3.05) is 7.11 Å². The fourth-order valence-electron chi connectivity index (χ4n) is 2.01. The molecule has 25 heavy (non-hydrogen) atoms. The average molecular weight is 333 g/mol. The number of benzene rings is 2. The number of allylic oxidation sites excluding steroid dienone is 6. The molecule has 0 fully saturated rings. The Morgan fingerprint density at radius 2 is 1.20 bits per heavy atom. The number of nitro groups is 1. The normalized spacial score (nSPS) is 11.9. The highest BCUT2D eigenvalue weighted by molar-refractivity contribution is 5.54. The molecule has 0 aliphatic rings. The number of ether oxygens (including phenoxy) is 1. The van der Waals surface area contributed by atoms with Gasteiger partial charge in [-0.15, -0.1) is 0 Å². The summed E-state index contributed by atoms with van der Waals surface area (Å²) in [5.41, 5.74) is 2.12. The molecule has 0 atom stereocenters. The van der Waals surface area contributed by atoms with E-state index in [4.69, 9.17) is 4.74 Å². The van der Waals surface area contributed by atoms with Crippen LogP contribution in [0, 0.1) is 10.1 Å². The second-order valence-electron chi connectivity index (χ2n) is 5.11. The van der Waals surface area contributed by atoms with Crippen molar-refractivity contribution in [1.82, 2.24) is 0 Å². The molecule has 0 bridgehead atoms. The van der Waals surface area contributed by atoms with Gasteiger partial charge in [0.15, 0.2) is 0 Å². The van der Waals surface area contributed by atoms with Crippen molar-refractivity contribution >= 4 is 17.8 Å². The summed E-state index contributed by atoms with van der Waals surface area (Å²) in [4.78, 5) is 10.2. The molecule has 2 aromatic rings. The van der Waals surface area contributed by atoms with Gasteiger partial charge >= 0.3 is 0 Å². The molecule has 0 amide bonds. The second-order valence-corrected chi connectivity index (χ2v) is 5.11. The lowest BCUT2D eigenvalue weighted by molar-refractivity contribution is -0.384. The van der Waals surface area contributed by atoms with E-state index < -0.39 is 4.92 Å². The Bertz CT molecular complexity index is 798. The summed E-state index contributed by atoms with van der Waals surface area (Å²) in [5.74, 6) is 0.843. The van der Waals surface area contributed by atoms with E-state index in [0.29, 0.717) is 0 Å². The van der Waals surface area contributed by atoms with Crippen LogP contribution in [0.5, 0.6) is 5.75 Å². The monoisotopic (exact) mass is 333 g/mol. The van der Waals surface area contributed by atoms with Gasteiger partial charge in [-0.25, -0.2) is 0 Å². The highest BCUT2D eigenvalue weighted by Gasteiger charge is 2.01. The third kappa shape index (κ3) is 6.31. The Kier molecular flexibility index (Phi) is 6.95. The van der Waals surface area contributed by atoms with Crippen molar-refractivity contribution in [3.05, 3.63) is 106 Å².